The van der Waals surface area contributed by atoms with Gasteiger partial charge >= 0.3 is 0 Å². The summed E-state index contributed by atoms with van der Waals surface area (Å²) in [6.45, 7) is 4.28. The lowest BCUT2D eigenvalue weighted by Gasteiger charge is -2.19. The molecule has 2 unspecified atom stereocenters. The van der Waals surface area contributed by atoms with Crippen LogP contribution in [0.15, 0.2) is 36.5 Å². The van der Waals surface area contributed by atoms with Crippen LogP contribution in [-0.4, -0.2) is 34.9 Å². The molecule has 0 heterocycles. The Hall–Kier alpha value is -1.39. The van der Waals surface area contributed by atoms with Gasteiger partial charge in [-0.15, -0.1) is 0 Å². The van der Waals surface area contributed by atoms with Gasteiger partial charge in [0.2, 0.25) is 5.91 Å². The molecular formula is C49H93NO3. The van der Waals surface area contributed by atoms with Crippen molar-refractivity contribution in [2.24, 2.45) is 0 Å². The second-order valence-corrected chi connectivity index (χ2v) is 16.2. The minimum absolute atomic E-state index is 0.0833. The van der Waals surface area contributed by atoms with Crippen molar-refractivity contribution in [3.8, 4) is 0 Å². The number of hydrogen-bond acceptors (Lipinski definition) is 3. The van der Waals surface area contributed by atoms with E-state index < -0.39 is 12.1 Å². The van der Waals surface area contributed by atoms with Gasteiger partial charge in [0.05, 0.1) is 18.8 Å². The Morgan fingerprint density at radius 1 is 0.434 bits per heavy atom. The Bertz CT molecular complexity index is 806. The second kappa shape index (κ2) is 45.0. The quantitative estimate of drug-likeness (QED) is 0.0430. The maximum Gasteiger partial charge on any atom is 0.220 e. The molecule has 0 aromatic rings. The molecule has 0 bridgehead atoms. The van der Waals surface area contributed by atoms with E-state index in [2.05, 4.69) is 43.5 Å². The number of nitrogens with one attached hydrogen (secondary N) is 1. The van der Waals surface area contributed by atoms with E-state index in [0.717, 1.165) is 44.9 Å². The number of unbranched alkanes of at least 4 members (excludes halogenated alkanes) is 32. The van der Waals surface area contributed by atoms with Crippen molar-refractivity contribution in [2.75, 3.05) is 6.61 Å². The molecule has 0 rings (SSSR count). The highest BCUT2D eigenvalue weighted by atomic mass is 16.3. The summed E-state index contributed by atoms with van der Waals surface area (Å²) in [5.41, 5.74) is 0. The predicted octanol–water partition coefficient (Wildman–Crippen LogP) is 15.0. The molecule has 0 aliphatic carbocycles. The number of aliphatic hydroxyl groups is 2. The molecule has 0 aromatic heterocycles. The van der Waals surface area contributed by atoms with Crippen molar-refractivity contribution >= 4 is 5.91 Å². The maximum atomic E-state index is 12.3. The van der Waals surface area contributed by atoms with Gasteiger partial charge in [0.1, 0.15) is 0 Å². The standard InChI is InChI=1S/C49H93NO3/c1-3-5-7-9-11-13-15-17-18-19-20-21-22-23-24-25-26-27-28-29-30-31-32-33-34-36-38-40-42-44-48(52)47(46-51)50-49(53)45-43-41-39-37-35-16-14-12-10-8-6-4-2/h12,14,34,36,42,44,47-48,51-52H,3-11,13,15-33,35,37-41,43,45-46H2,1-2H3,(H,50,53)/b14-12-,36-34+,44-42+. The minimum Gasteiger partial charge on any atom is -0.394 e. The molecular weight excluding hydrogens is 651 g/mol. The third kappa shape index (κ3) is 41.6. The third-order valence-corrected chi connectivity index (χ3v) is 10.8. The van der Waals surface area contributed by atoms with Gasteiger partial charge in [0.15, 0.2) is 0 Å². The number of hydrogen-bond donors (Lipinski definition) is 3. The highest BCUT2D eigenvalue weighted by Crippen LogP contribution is 2.16. The molecule has 0 saturated heterocycles. The molecule has 0 radical (unpaired) electrons. The van der Waals surface area contributed by atoms with Crippen LogP contribution in [0.4, 0.5) is 0 Å². The lowest BCUT2D eigenvalue weighted by Crippen LogP contribution is -2.45. The van der Waals surface area contributed by atoms with Crippen LogP contribution < -0.4 is 5.32 Å². The Kier molecular flexibility index (Phi) is 43.8. The number of amides is 1. The highest BCUT2D eigenvalue weighted by Gasteiger charge is 2.17. The zero-order valence-electron chi connectivity index (χ0n) is 35.8. The average molecular weight is 744 g/mol. The molecule has 0 aliphatic rings. The van der Waals surface area contributed by atoms with E-state index in [4.69, 9.17) is 0 Å². The van der Waals surface area contributed by atoms with Crippen LogP contribution in [-0.2, 0) is 4.79 Å². The molecule has 4 nitrogen and oxygen atoms in total. The highest BCUT2D eigenvalue weighted by molar-refractivity contribution is 5.76. The van der Waals surface area contributed by atoms with Crippen molar-refractivity contribution < 1.29 is 15.0 Å². The first-order valence-electron chi connectivity index (χ1n) is 23.7. The first-order valence-corrected chi connectivity index (χ1v) is 23.7. The molecule has 312 valence electrons. The van der Waals surface area contributed by atoms with Gasteiger partial charge in [0.25, 0.3) is 0 Å². The maximum absolute atomic E-state index is 12.3. The largest absolute Gasteiger partial charge is 0.394 e. The van der Waals surface area contributed by atoms with E-state index in [1.165, 1.54) is 186 Å². The van der Waals surface area contributed by atoms with Crippen LogP contribution in [0.25, 0.3) is 0 Å². The lowest BCUT2D eigenvalue weighted by atomic mass is 10.0. The van der Waals surface area contributed by atoms with Gasteiger partial charge < -0.3 is 15.5 Å². The summed E-state index contributed by atoms with van der Waals surface area (Å²) in [6.07, 6.45) is 60.0. The van der Waals surface area contributed by atoms with Gasteiger partial charge in [-0.25, -0.2) is 0 Å². The first-order chi connectivity index (χ1) is 26.2. The number of aliphatic hydroxyl groups excluding tert-OH is 2. The summed E-state index contributed by atoms with van der Waals surface area (Å²) in [6, 6.07) is -0.641. The fraction of sp³-hybridized carbons (Fsp3) is 0.857. The SMILES string of the molecule is CCCCC/C=C\CCCCCCCC(=O)NC(CO)C(O)/C=C/CC/C=C/CCCCCCCCCCCCCCCCCCCCCCCCC. The predicted molar refractivity (Wildman–Crippen MR) is 235 cm³/mol. The smallest absolute Gasteiger partial charge is 0.220 e. The molecule has 0 spiro atoms. The van der Waals surface area contributed by atoms with Gasteiger partial charge in [0, 0.05) is 6.42 Å². The zero-order valence-corrected chi connectivity index (χ0v) is 35.8. The van der Waals surface area contributed by atoms with Crippen molar-refractivity contribution in [3.63, 3.8) is 0 Å². The van der Waals surface area contributed by atoms with Gasteiger partial charge in [-0.2, -0.15) is 0 Å². The number of carbonyl (C=O) groups excluding carboxylic acids is 1. The second-order valence-electron chi connectivity index (χ2n) is 16.2. The Morgan fingerprint density at radius 2 is 0.736 bits per heavy atom. The normalized spacial score (nSPS) is 13.2. The number of allylic oxidation sites excluding steroid dienone is 5. The minimum atomic E-state index is -0.864. The summed E-state index contributed by atoms with van der Waals surface area (Å²) in [5, 5.41) is 23.0. The van der Waals surface area contributed by atoms with Crippen molar-refractivity contribution in [3.05, 3.63) is 36.5 Å². The molecule has 4 heteroatoms. The monoisotopic (exact) mass is 744 g/mol. The molecule has 53 heavy (non-hydrogen) atoms. The van der Waals surface area contributed by atoms with E-state index in [-0.39, 0.29) is 12.5 Å². The van der Waals surface area contributed by atoms with Crippen LogP contribution in [0.3, 0.4) is 0 Å². The van der Waals surface area contributed by atoms with Crippen LogP contribution in [0.1, 0.15) is 251 Å². The molecule has 0 fully saturated rings. The summed E-state index contributed by atoms with van der Waals surface area (Å²) >= 11 is 0. The molecule has 0 saturated carbocycles. The molecule has 1 amide bonds. The van der Waals surface area contributed by atoms with Crippen molar-refractivity contribution in [1.82, 2.24) is 5.32 Å². The number of rotatable bonds is 43. The van der Waals surface area contributed by atoms with Crippen LogP contribution >= 0.6 is 0 Å². The van der Waals surface area contributed by atoms with Crippen molar-refractivity contribution in [2.45, 2.75) is 264 Å². The summed E-state index contributed by atoms with van der Waals surface area (Å²) < 4.78 is 0. The Labute approximate surface area is 331 Å². The Morgan fingerprint density at radius 3 is 1.13 bits per heavy atom. The molecule has 3 N–H and O–H groups in total. The molecule has 0 aliphatic heterocycles. The van der Waals surface area contributed by atoms with Gasteiger partial charge in [-0.05, 0) is 57.8 Å². The zero-order chi connectivity index (χ0) is 38.6. The first kappa shape index (κ1) is 51.6. The van der Waals surface area contributed by atoms with Gasteiger partial charge in [-0.1, -0.05) is 224 Å². The van der Waals surface area contributed by atoms with E-state index in [1.807, 2.05) is 6.08 Å². The lowest BCUT2D eigenvalue weighted by molar-refractivity contribution is -0.123. The van der Waals surface area contributed by atoms with E-state index in [1.54, 1.807) is 6.08 Å². The topological polar surface area (TPSA) is 69.6 Å². The number of carbonyl (C=O) groups is 1. The van der Waals surface area contributed by atoms with E-state index >= 15 is 0 Å². The summed E-state index contributed by atoms with van der Waals surface area (Å²) in [7, 11) is 0. The summed E-state index contributed by atoms with van der Waals surface area (Å²) in [5.74, 6) is -0.0833. The van der Waals surface area contributed by atoms with Gasteiger partial charge in [-0.3, -0.25) is 4.79 Å². The van der Waals surface area contributed by atoms with Crippen LogP contribution in [0.2, 0.25) is 0 Å². The fourth-order valence-corrected chi connectivity index (χ4v) is 7.19. The molecule has 0 aromatic carbocycles. The average Bonchev–Trinajstić information content (AvgIpc) is 3.16. The fourth-order valence-electron chi connectivity index (χ4n) is 7.19. The molecule has 2 atom stereocenters. The Balaban J connectivity index is 3.51. The van der Waals surface area contributed by atoms with Crippen LogP contribution in [0, 0.1) is 0 Å². The van der Waals surface area contributed by atoms with Crippen molar-refractivity contribution in [1.29, 1.82) is 0 Å². The van der Waals surface area contributed by atoms with E-state index in [9.17, 15) is 15.0 Å². The third-order valence-electron chi connectivity index (χ3n) is 10.8. The summed E-state index contributed by atoms with van der Waals surface area (Å²) in [4.78, 5) is 12.3. The van der Waals surface area contributed by atoms with Crippen LogP contribution in [0.5, 0.6) is 0 Å². The van der Waals surface area contributed by atoms with E-state index in [0.29, 0.717) is 6.42 Å².